The summed E-state index contributed by atoms with van der Waals surface area (Å²) in [5, 5.41) is 3.03. The van der Waals surface area contributed by atoms with Crippen molar-refractivity contribution in [3.05, 3.63) is 53.0 Å². The third-order valence-electron chi connectivity index (χ3n) is 5.03. The summed E-state index contributed by atoms with van der Waals surface area (Å²) in [7, 11) is 0. The first-order chi connectivity index (χ1) is 12.5. The van der Waals surface area contributed by atoms with Crippen LogP contribution in [-0.4, -0.2) is 34.9 Å². The number of nitrogens with zero attached hydrogens (tertiary/aromatic N) is 2. The van der Waals surface area contributed by atoms with Gasteiger partial charge in [-0.1, -0.05) is 18.6 Å². The lowest BCUT2D eigenvalue weighted by atomic mass is 10.1. The maximum absolute atomic E-state index is 14.1. The SMILES string of the molecule is Cc1cnc(C(C)N2CCCCC(NC(=O)c3c(C)cccc3F)C2)o1. The molecule has 0 saturated carbocycles. The minimum absolute atomic E-state index is 0.0254. The van der Waals surface area contributed by atoms with Gasteiger partial charge in [-0.25, -0.2) is 9.37 Å². The number of halogens is 1. The third-order valence-corrected chi connectivity index (χ3v) is 5.03. The maximum atomic E-state index is 14.1. The van der Waals surface area contributed by atoms with Crippen LogP contribution in [0.2, 0.25) is 0 Å². The van der Waals surface area contributed by atoms with Crippen LogP contribution >= 0.6 is 0 Å². The molecule has 140 valence electrons. The molecule has 1 aromatic heterocycles. The molecule has 2 heterocycles. The lowest BCUT2D eigenvalue weighted by Crippen LogP contribution is -2.43. The van der Waals surface area contributed by atoms with Crippen molar-refractivity contribution < 1.29 is 13.6 Å². The molecule has 1 aliphatic rings. The first-order valence-corrected chi connectivity index (χ1v) is 9.18. The molecule has 1 saturated heterocycles. The van der Waals surface area contributed by atoms with Crippen LogP contribution in [-0.2, 0) is 0 Å². The zero-order valence-corrected chi connectivity index (χ0v) is 15.6. The smallest absolute Gasteiger partial charge is 0.254 e. The molecular weight excluding hydrogens is 333 g/mol. The van der Waals surface area contributed by atoms with Crippen LogP contribution in [0.4, 0.5) is 4.39 Å². The van der Waals surface area contributed by atoms with Gasteiger partial charge in [-0.05, 0) is 51.8 Å². The second-order valence-electron chi connectivity index (χ2n) is 7.08. The molecule has 0 spiro atoms. The Bertz CT molecular complexity index is 754. The molecule has 2 aromatic rings. The van der Waals surface area contributed by atoms with E-state index in [9.17, 15) is 9.18 Å². The first-order valence-electron chi connectivity index (χ1n) is 9.18. The Morgan fingerprint density at radius 3 is 2.88 bits per heavy atom. The summed E-state index contributed by atoms with van der Waals surface area (Å²) in [4.78, 5) is 19.2. The fourth-order valence-electron chi connectivity index (χ4n) is 3.54. The summed E-state index contributed by atoms with van der Waals surface area (Å²) in [5.74, 6) is 0.671. The van der Waals surface area contributed by atoms with Crippen LogP contribution < -0.4 is 5.32 Å². The van der Waals surface area contributed by atoms with E-state index in [1.54, 1.807) is 25.3 Å². The highest BCUT2D eigenvalue weighted by Crippen LogP contribution is 2.24. The second-order valence-corrected chi connectivity index (χ2v) is 7.08. The molecule has 1 amide bonds. The van der Waals surface area contributed by atoms with Gasteiger partial charge in [-0.3, -0.25) is 9.69 Å². The second kappa shape index (κ2) is 7.99. The van der Waals surface area contributed by atoms with E-state index < -0.39 is 5.82 Å². The van der Waals surface area contributed by atoms with E-state index in [-0.39, 0.29) is 23.6 Å². The van der Waals surface area contributed by atoms with Crippen molar-refractivity contribution in [1.82, 2.24) is 15.2 Å². The number of oxazole rings is 1. The molecule has 2 unspecified atom stereocenters. The third kappa shape index (κ3) is 4.12. The fourth-order valence-corrected chi connectivity index (χ4v) is 3.54. The average molecular weight is 359 g/mol. The Morgan fingerprint density at radius 1 is 1.38 bits per heavy atom. The maximum Gasteiger partial charge on any atom is 0.254 e. The number of likely N-dealkylation sites (tertiary alicyclic amines) is 1. The molecule has 6 heteroatoms. The van der Waals surface area contributed by atoms with Crippen LogP contribution in [0.15, 0.2) is 28.8 Å². The Balaban J connectivity index is 1.70. The molecule has 26 heavy (non-hydrogen) atoms. The van der Waals surface area contributed by atoms with E-state index in [4.69, 9.17) is 4.42 Å². The van der Waals surface area contributed by atoms with Gasteiger partial charge in [-0.15, -0.1) is 0 Å². The van der Waals surface area contributed by atoms with Crippen molar-refractivity contribution >= 4 is 5.91 Å². The van der Waals surface area contributed by atoms with Crippen LogP contribution in [0.5, 0.6) is 0 Å². The lowest BCUT2D eigenvalue weighted by Gasteiger charge is -2.28. The molecular formula is C20H26FN3O2. The molecule has 1 aliphatic heterocycles. The van der Waals surface area contributed by atoms with E-state index in [0.29, 0.717) is 18.0 Å². The van der Waals surface area contributed by atoms with Gasteiger partial charge in [0, 0.05) is 12.6 Å². The van der Waals surface area contributed by atoms with Gasteiger partial charge in [0.05, 0.1) is 17.8 Å². The van der Waals surface area contributed by atoms with E-state index in [1.807, 2.05) is 6.92 Å². The van der Waals surface area contributed by atoms with Gasteiger partial charge in [0.1, 0.15) is 11.6 Å². The molecule has 0 bridgehead atoms. The highest BCUT2D eigenvalue weighted by molar-refractivity contribution is 5.96. The van der Waals surface area contributed by atoms with Crippen molar-refractivity contribution in [3.63, 3.8) is 0 Å². The number of benzene rings is 1. The normalized spacial score (nSPS) is 19.8. The van der Waals surface area contributed by atoms with Gasteiger partial charge in [0.2, 0.25) is 5.89 Å². The van der Waals surface area contributed by atoms with Crippen LogP contribution in [0, 0.1) is 19.7 Å². The molecule has 5 nitrogen and oxygen atoms in total. The Morgan fingerprint density at radius 2 is 2.19 bits per heavy atom. The first kappa shape index (κ1) is 18.6. The number of amides is 1. The van der Waals surface area contributed by atoms with Gasteiger partial charge >= 0.3 is 0 Å². The van der Waals surface area contributed by atoms with Crippen molar-refractivity contribution in [1.29, 1.82) is 0 Å². The van der Waals surface area contributed by atoms with Crippen molar-refractivity contribution in [2.45, 2.75) is 52.1 Å². The monoisotopic (exact) mass is 359 g/mol. The predicted molar refractivity (Wildman–Crippen MR) is 97.5 cm³/mol. The molecule has 3 rings (SSSR count). The summed E-state index contributed by atoms with van der Waals surface area (Å²) < 4.78 is 19.7. The number of carbonyl (C=O) groups excluding carboxylic acids is 1. The Kier molecular flexibility index (Phi) is 5.71. The quantitative estimate of drug-likeness (QED) is 0.903. The summed E-state index contributed by atoms with van der Waals surface area (Å²) in [6.07, 6.45) is 4.68. The summed E-state index contributed by atoms with van der Waals surface area (Å²) in [6, 6.07) is 4.71. The Hall–Kier alpha value is -2.21. The van der Waals surface area contributed by atoms with Crippen molar-refractivity contribution in [2.24, 2.45) is 0 Å². The predicted octanol–water partition coefficient (Wildman–Crippen LogP) is 3.78. The van der Waals surface area contributed by atoms with E-state index in [0.717, 1.165) is 31.6 Å². The van der Waals surface area contributed by atoms with Crippen LogP contribution in [0.3, 0.4) is 0 Å². The standard InChI is InChI=1S/C20H26FN3O2/c1-13-7-6-9-17(21)18(13)19(25)23-16-8-4-5-10-24(12-16)15(3)20-22-11-14(2)26-20/h6-7,9,11,15-16H,4-5,8,10,12H2,1-3H3,(H,23,25). The largest absolute Gasteiger partial charge is 0.444 e. The summed E-state index contributed by atoms with van der Waals surface area (Å²) >= 11 is 0. The minimum atomic E-state index is -0.475. The molecule has 1 N–H and O–H groups in total. The topological polar surface area (TPSA) is 58.4 Å². The Labute approximate surface area is 153 Å². The van der Waals surface area contributed by atoms with Gasteiger partial charge in [-0.2, -0.15) is 0 Å². The van der Waals surface area contributed by atoms with E-state index >= 15 is 0 Å². The number of aromatic nitrogens is 1. The van der Waals surface area contributed by atoms with Crippen molar-refractivity contribution in [3.8, 4) is 0 Å². The molecule has 1 aromatic carbocycles. The van der Waals surface area contributed by atoms with Gasteiger partial charge in [0.15, 0.2) is 0 Å². The van der Waals surface area contributed by atoms with E-state index in [1.165, 1.54) is 6.07 Å². The van der Waals surface area contributed by atoms with Gasteiger partial charge in [0.25, 0.3) is 5.91 Å². The number of nitrogens with one attached hydrogen (secondary N) is 1. The van der Waals surface area contributed by atoms with E-state index in [2.05, 4.69) is 22.1 Å². The van der Waals surface area contributed by atoms with Crippen LogP contribution in [0.25, 0.3) is 0 Å². The molecule has 0 aliphatic carbocycles. The summed E-state index contributed by atoms with van der Waals surface area (Å²) in [5.41, 5.74) is 0.788. The minimum Gasteiger partial charge on any atom is -0.444 e. The summed E-state index contributed by atoms with van der Waals surface area (Å²) in [6.45, 7) is 7.32. The zero-order valence-electron chi connectivity index (χ0n) is 15.6. The fraction of sp³-hybridized carbons (Fsp3) is 0.500. The number of carbonyl (C=O) groups is 1. The molecule has 1 fully saturated rings. The lowest BCUT2D eigenvalue weighted by molar-refractivity contribution is 0.0912. The van der Waals surface area contributed by atoms with Crippen molar-refractivity contribution in [2.75, 3.05) is 13.1 Å². The number of hydrogen-bond acceptors (Lipinski definition) is 4. The average Bonchev–Trinajstić information content (AvgIpc) is 2.89. The van der Waals surface area contributed by atoms with Crippen LogP contribution in [0.1, 0.15) is 59.8 Å². The molecule has 0 radical (unpaired) electrons. The molecule has 2 atom stereocenters. The van der Waals surface area contributed by atoms with Gasteiger partial charge < -0.3 is 9.73 Å². The number of rotatable bonds is 4. The zero-order chi connectivity index (χ0) is 18.7. The number of aryl methyl sites for hydroxylation is 2. The number of hydrogen-bond donors (Lipinski definition) is 1. The highest BCUT2D eigenvalue weighted by Gasteiger charge is 2.27. The highest BCUT2D eigenvalue weighted by atomic mass is 19.1.